The van der Waals surface area contributed by atoms with Crippen LogP contribution in [0, 0.1) is 10.1 Å². The second-order valence-electron chi connectivity index (χ2n) is 4.22. The number of aromatic nitrogens is 3. The largest absolute Gasteiger partial charge is 0.479 e. The first-order valence-corrected chi connectivity index (χ1v) is 6.96. The zero-order valence-electron chi connectivity index (χ0n) is 11.0. The van der Waals surface area contributed by atoms with E-state index in [0.717, 1.165) is 0 Å². The molecule has 0 bridgehead atoms. The minimum atomic E-state index is -0.498. The Bertz CT molecular complexity index is 814. The maximum absolute atomic E-state index is 10.9. The van der Waals surface area contributed by atoms with Crippen LogP contribution in [-0.2, 0) is 6.61 Å². The van der Waals surface area contributed by atoms with E-state index in [1.165, 1.54) is 12.1 Å². The summed E-state index contributed by atoms with van der Waals surface area (Å²) in [7, 11) is 0. The molecular weight excluding hydrogens is 356 g/mol. The number of nitrogens with one attached hydrogen (secondary N) is 1. The van der Waals surface area contributed by atoms with E-state index in [9.17, 15) is 10.1 Å². The number of halogens is 1. The third-order valence-corrected chi connectivity index (χ3v) is 3.18. The molecule has 9 heteroatoms. The molecule has 0 aliphatic rings. The molecule has 0 fully saturated rings. The molecule has 3 aromatic rings. The second kappa shape index (κ2) is 5.98. The number of rotatable bonds is 5. The SMILES string of the molecule is O=[N+]([O-])c1ccccc1OCc1nc(-c2ccc(Br)o2)n[nH]1. The first kappa shape index (κ1) is 14.3. The van der Waals surface area contributed by atoms with E-state index in [1.807, 2.05) is 0 Å². The van der Waals surface area contributed by atoms with Crippen molar-refractivity contribution in [3.05, 3.63) is 57.0 Å². The zero-order valence-corrected chi connectivity index (χ0v) is 12.6. The highest BCUT2D eigenvalue weighted by molar-refractivity contribution is 9.10. The smallest absolute Gasteiger partial charge is 0.310 e. The molecule has 0 unspecified atom stereocenters. The molecule has 0 radical (unpaired) electrons. The van der Waals surface area contributed by atoms with Gasteiger partial charge >= 0.3 is 5.69 Å². The van der Waals surface area contributed by atoms with Crippen molar-refractivity contribution in [2.75, 3.05) is 0 Å². The first-order chi connectivity index (χ1) is 10.6. The van der Waals surface area contributed by atoms with Crippen molar-refractivity contribution in [1.82, 2.24) is 15.2 Å². The number of aromatic amines is 1. The maximum atomic E-state index is 10.9. The van der Waals surface area contributed by atoms with Crippen LogP contribution >= 0.6 is 15.9 Å². The van der Waals surface area contributed by atoms with Gasteiger partial charge in [0.15, 0.2) is 22.0 Å². The number of nitrogens with zero attached hydrogens (tertiary/aromatic N) is 3. The number of benzene rings is 1. The number of nitro benzene ring substituents is 1. The van der Waals surface area contributed by atoms with Gasteiger partial charge in [0.05, 0.1) is 4.92 Å². The standard InChI is InChI=1S/C13H9BrN4O4/c14-11-6-5-10(22-11)13-15-12(16-17-13)7-21-9-4-2-1-3-8(9)18(19)20/h1-6H,7H2,(H,15,16,17). The van der Waals surface area contributed by atoms with Crippen LogP contribution in [0.25, 0.3) is 11.6 Å². The third kappa shape index (κ3) is 2.98. The zero-order chi connectivity index (χ0) is 15.5. The lowest BCUT2D eigenvalue weighted by Gasteiger charge is -2.03. The molecule has 112 valence electrons. The van der Waals surface area contributed by atoms with Crippen LogP contribution in [0.1, 0.15) is 5.82 Å². The number of hydrogen-bond donors (Lipinski definition) is 1. The molecule has 1 N–H and O–H groups in total. The number of furan rings is 1. The molecule has 0 atom stereocenters. The highest BCUT2D eigenvalue weighted by Gasteiger charge is 2.15. The van der Waals surface area contributed by atoms with Crippen LogP contribution in [0.3, 0.4) is 0 Å². The highest BCUT2D eigenvalue weighted by atomic mass is 79.9. The first-order valence-electron chi connectivity index (χ1n) is 6.16. The molecule has 0 saturated carbocycles. The summed E-state index contributed by atoms with van der Waals surface area (Å²) in [5.41, 5.74) is -0.0998. The van der Waals surface area contributed by atoms with E-state index in [0.29, 0.717) is 22.1 Å². The number of para-hydroxylation sites is 2. The van der Waals surface area contributed by atoms with E-state index in [-0.39, 0.29) is 18.0 Å². The average molecular weight is 365 g/mol. The Morgan fingerprint density at radius 3 is 2.86 bits per heavy atom. The molecule has 2 aromatic heterocycles. The predicted octanol–water partition coefficient (Wildman–Crippen LogP) is 3.31. The van der Waals surface area contributed by atoms with E-state index >= 15 is 0 Å². The van der Waals surface area contributed by atoms with Crippen LogP contribution in [0.5, 0.6) is 5.75 Å². The molecule has 0 amide bonds. The molecule has 2 heterocycles. The van der Waals surface area contributed by atoms with Gasteiger partial charge in [-0.25, -0.2) is 4.98 Å². The van der Waals surface area contributed by atoms with Crippen molar-refractivity contribution in [3.8, 4) is 17.3 Å². The summed E-state index contributed by atoms with van der Waals surface area (Å²) in [4.78, 5) is 14.6. The lowest BCUT2D eigenvalue weighted by Crippen LogP contribution is -2.00. The van der Waals surface area contributed by atoms with Crippen LogP contribution < -0.4 is 4.74 Å². The molecule has 22 heavy (non-hydrogen) atoms. The van der Waals surface area contributed by atoms with Gasteiger partial charge in [-0.3, -0.25) is 15.2 Å². The van der Waals surface area contributed by atoms with Crippen LogP contribution in [0.15, 0.2) is 45.5 Å². The molecule has 1 aromatic carbocycles. The van der Waals surface area contributed by atoms with Crippen LogP contribution in [-0.4, -0.2) is 20.1 Å². The normalized spacial score (nSPS) is 10.6. The number of ether oxygens (including phenoxy) is 1. The van der Waals surface area contributed by atoms with Crippen molar-refractivity contribution in [2.45, 2.75) is 6.61 Å². The van der Waals surface area contributed by atoms with E-state index in [1.54, 1.807) is 24.3 Å². The van der Waals surface area contributed by atoms with Crippen molar-refractivity contribution in [2.24, 2.45) is 0 Å². The number of nitro groups is 1. The van der Waals surface area contributed by atoms with Gasteiger partial charge in [-0.05, 0) is 34.1 Å². The molecule has 8 nitrogen and oxygen atoms in total. The number of hydrogen-bond acceptors (Lipinski definition) is 6. The molecule has 0 aliphatic heterocycles. The minimum Gasteiger partial charge on any atom is -0.479 e. The second-order valence-corrected chi connectivity index (χ2v) is 5.00. The average Bonchev–Trinajstić information content (AvgIpc) is 3.14. The lowest BCUT2D eigenvalue weighted by molar-refractivity contribution is -0.385. The molecular formula is C13H9BrN4O4. The molecule has 0 spiro atoms. The monoisotopic (exact) mass is 364 g/mol. The Morgan fingerprint density at radius 2 is 2.14 bits per heavy atom. The van der Waals surface area contributed by atoms with Crippen LogP contribution in [0.4, 0.5) is 5.69 Å². The summed E-state index contributed by atoms with van der Waals surface area (Å²) < 4.78 is 11.3. The fraction of sp³-hybridized carbons (Fsp3) is 0.0769. The Morgan fingerprint density at radius 1 is 1.32 bits per heavy atom. The molecule has 0 aliphatic carbocycles. The third-order valence-electron chi connectivity index (χ3n) is 2.75. The van der Waals surface area contributed by atoms with Crippen LogP contribution in [0.2, 0.25) is 0 Å². The van der Waals surface area contributed by atoms with E-state index in [2.05, 4.69) is 31.1 Å². The van der Waals surface area contributed by atoms with Crippen molar-refractivity contribution >= 4 is 21.6 Å². The summed E-state index contributed by atoms with van der Waals surface area (Å²) in [6.07, 6.45) is 0. The van der Waals surface area contributed by atoms with Gasteiger partial charge in [0.1, 0.15) is 6.61 Å². The van der Waals surface area contributed by atoms with E-state index < -0.39 is 4.92 Å². The molecule has 0 saturated heterocycles. The van der Waals surface area contributed by atoms with Crippen molar-refractivity contribution in [1.29, 1.82) is 0 Å². The highest BCUT2D eigenvalue weighted by Crippen LogP contribution is 2.26. The lowest BCUT2D eigenvalue weighted by atomic mass is 10.3. The van der Waals surface area contributed by atoms with Crippen molar-refractivity contribution < 1.29 is 14.1 Å². The number of H-pyrrole nitrogens is 1. The maximum Gasteiger partial charge on any atom is 0.310 e. The van der Waals surface area contributed by atoms with Gasteiger partial charge in [0.2, 0.25) is 5.82 Å². The summed E-state index contributed by atoms with van der Waals surface area (Å²) >= 11 is 3.20. The predicted molar refractivity (Wildman–Crippen MR) is 79.2 cm³/mol. The molecule has 3 rings (SSSR count). The van der Waals surface area contributed by atoms with Gasteiger partial charge < -0.3 is 9.15 Å². The summed E-state index contributed by atoms with van der Waals surface area (Å²) in [5, 5.41) is 17.6. The van der Waals surface area contributed by atoms with Gasteiger partial charge in [0, 0.05) is 6.07 Å². The van der Waals surface area contributed by atoms with Gasteiger partial charge in [0.25, 0.3) is 0 Å². The van der Waals surface area contributed by atoms with Gasteiger partial charge in [-0.15, -0.1) is 5.10 Å². The van der Waals surface area contributed by atoms with E-state index in [4.69, 9.17) is 9.15 Å². The summed E-state index contributed by atoms with van der Waals surface area (Å²) in [6, 6.07) is 9.59. The van der Waals surface area contributed by atoms with Crippen molar-refractivity contribution in [3.63, 3.8) is 0 Å². The Balaban J connectivity index is 1.73. The minimum absolute atomic E-state index is 0.0275. The fourth-order valence-corrected chi connectivity index (χ4v) is 2.09. The summed E-state index contributed by atoms with van der Waals surface area (Å²) in [6.45, 7) is 0.0275. The Kier molecular flexibility index (Phi) is 3.88. The quantitative estimate of drug-likeness (QED) is 0.549. The Hall–Kier alpha value is -2.68. The topological polar surface area (TPSA) is 107 Å². The fourth-order valence-electron chi connectivity index (χ4n) is 1.78. The van der Waals surface area contributed by atoms with Gasteiger partial charge in [-0.2, -0.15) is 0 Å². The van der Waals surface area contributed by atoms with Gasteiger partial charge in [-0.1, -0.05) is 12.1 Å². The summed E-state index contributed by atoms with van der Waals surface area (Å²) in [5.74, 6) is 1.48. The Labute approximate surface area is 132 Å².